The Bertz CT molecular complexity index is 899. The highest BCUT2D eigenvalue weighted by Crippen LogP contribution is 2.19. The van der Waals surface area contributed by atoms with Crippen molar-refractivity contribution in [2.45, 2.75) is 13.2 Å². The fourth-order valence-electron chi connectivity index (χ4n) is 2.59. The highest BCUT2D eigenvalue weighted by atomic mass is 16.6. The number of nitrogens with one attached hydrogen (secondary N) is 1. The Morgan fingerprint density at radius 2 is 1.96 bits per heavy atom. The van der Waals surface area contributed by atoms with Crippen LogP contribution in [0.4, 0.5) is 5.69 Å². The maximum absolute atomic E-state index is 12.0. The number of fused-ring (bicyclic) bond motifs is 1. The number of non-ortho nitro benzene ring substituents is 1. The van der Waals surface area contributed by atoms with E-state index in [2.05, 4.69) is 0 Å². The Kier molecular flexibility index (Phi) is 3.94. The van der Waals surface area contributed by atoms with Gasteiger partial charge in [-0.2, -0.15) is 0 Å². The molecule has 7 nitrogen and oxygen atoms in total. The van der Waals surface area contributed by atoms with Crippen LogP contribution in [0.15, 0.2) is 57.7 Å². The zero-order chi connectivity index (χ0) is 16.4. The number of hydrogen-bond donors (Lipinski definition) is 1. The molecule has 23 heavy (non-hydrogen) atoms. The molecule has 0 spiro atoms. The molecule has 0 aliphatic heterocycles. The fourth-order valence-corrected chi connectivity index (χ4v) is 2.59. The molecule has 0 aliphatic carbocycles. The molecule has 0 bridgehead atoms. The predicted molar refractivity (Wildman–Crippen MR) is 84.2 cm³/mol. The molecule has 1 aromatic heterocycles. The summed E-state index contributed by atoms with van der Waals surface area (Å²) in [6.45, 7) is 1.17. The van der Waals surface area contributed by atoms with Gasteiger partial charge in [-0.05, 0) is 6.07 Å². The van der Waals surface area contributed by atoms with Crippen molar-refractivity contribution in [2.24, 2.45) is 0 Å². The molecule has 3 rings (SSSR count). The minimum Gasteiger partial charge on any atom is -0.407 e. The van der Waals surface area contributed by atoms with E-state index in [9.17, 15) is 14.9 Å². The van der Waals surface area contributed by atoms with E-state index in [-0.39, 0.29) is 11.3 Å². The molecule has 1 atom stereocenters. The van der Waals surface area contributed by atoms with E-state index >= 15 is 0 Å². The van der Waals surface area contributed by atoms with Crippen LogP contribution in [0.2, 0.25) is 0 Å². The van der Waals surface area contributed by atoms with E-state index in [4.69, 9.17) is 4.42 Å². The van der Waals surface area contributed by atoms with E-state index in [0.29, 0.717) is 12.2 Å². The van der Waals surface area contributed by atoms with Crippen LogP contribution in [0.3, 0.4) is 0 Å². The summed E-state index contributed by atoms with van der Waals surface area (Å²) in [4.78, 5) is 23.4. The predicted octanol–water partition coefficient (Wildman–Crippen LogP) is 1.18. The molecule has 0 radical (unpaired) electrons. The zero-order valence-corrected chi connectivity index (χ0v) is 12.6. The van der Waals surface area contributed by atoms with Gasteiger partial charge >= 0.3 is 5.76 Å². The summed E-state index contributed by atoms with van der Waals surface area (Å²) in [6, 6.07) is 14.2. The Morgan fingerprint density at radius 1 is 1.22 bits per heavy atom. The Hall–Kier alpha value is -2.93. The van der Waals surface area contributed by atoms with Gasteiger partial charge in [0.15, 0.2) is 12.3 Å². The molecule has 118 valence electrons. The van der Waals surface area contributed by atoms with Crippen LogP contribution in [-0.2, 0) is 13.2 Å². The first-order valence-electron chi connectivity index (χ1n) is 7.17. The standard InChI is InChI=1S/C16H15N3O4/c1-17(10-12-5-3-2-4-6-12)11-18-14-8-7-13(19(21)22)9-15(14)23-16(18)20/h2-9H,10-11H2,1H3/p+1. The van der Waals surface area contributed by atoms with Crippen molar-refractivity contribution >= 4 is 16.8 Å². The van der Waals surface area contributed by atoms with Crippen LogP contribution in [0.5, 0.6) is 0 Å². The van der Waals surface area contributed by atoms with Gasteiger partial charge in [0.1, 0.15) is 6.54 Å². The van der Waals surface area contributed by atoms with Crippen LogP contribution in [0.1, 0.15) is 5.56 Å². The van der Waals surface area contributed by atoms with Gasteiger partial charge in [-0.25, -0.2) is 9.36 Å². The first kappa shape index (κ1) is 15.0. The molecule has 0 amide bonds. The SMILES string of the molecule is C[NH+](Cc1ccccc1)Cn1c(=O)oc2cc([N+](=O)[O-])ccc21. The van der Waals surface area contributed by atoms with E-state index in [1.807, 2.05) is 37.4 Å². The Labute approximate surface area is 131 Å². The quantitative estimate of drug-likeness (QED) is 0.566. The van der Waals surface area contributed by atoms with Gasteiger partial charge in [0.2, 0.25) is 0 Å². The third kappa shape index (κ3) is 3.14. The number of nitrogens with zero attached hydrogens (tertiary/aromatic N) is 2. The average molecular weight is 314 g/mol. The van der Waals surface area contributed by atoms with Crippen LogP contribution in [0, 0.1) is 10.1 Å². The normalized spacial score (nSPS) is 12.4. The zero-order valence-electron chi connectivity index (χ0n) is 12.6. The third-order valence-corrected chi connectivity index (χ3v) is 3.64. The van der Waals surface area contributed by atoms with Crippen molar-refractivity contribution in [1.82, 2.24) is 4.57 Å². The number of aromatic nitrogens is 1. The monoisotopic (exact) mass is 314 g/mol. The van der Waals surface area contributed by atoms with Crippen LogP contribution in [0.25, 0.3) is 11.1 Å². The molecule has 3 aromatic rings. The third-order valence-electron chi connectivity index (χ3n) is 3.64. The van der Waals surface area contributed by atoms with Crippen molar-refractivity contribution < 1.29 is 14.2 Å². The molecule has 0 aliphatic rings. The summed E-state index contributed by atoms with van der Waals surface area (Å²) < 4.78 is 6.63. The first-order chi connectivity index (χ1) is 11.0. The molecule has 1 N–H and O–H groups in total. The average Bonchev–Trinajstić information content (AvgIpc) is 2.83. The van der Waals surface area contributed by atoms with Gasteiger partial charge in [-0.3, -0.25) is 10.1 Å². The van der Waals surface area contributed by atoms with E-state index in [1.165, 1.54) is 22.3 Å². The van der Waals surface area contributed by atoms with Crippen molar-refractivity contribution in [3.05, 3.63) is 74.8 Å². The smallest absolute Gasteiger partial charge is 0.407 e. The number of nitro groups is 1. The highest BCUT2D eigenvalue weighted by Gasteiger charge is 2.16. The van der Waals surface area contributed by atoms with Gasteiger partial charge in [0.25, 0.3) is 5.69 Å². The lowest BCUT2D eigenvalue weighted by atomic mass is 10.2. The molecule has 2 aromatic carbocycles. The number of nitro benzene ring substituents is 1. The molecule has 1 heterocycles. The topological polar surface area (TPSA) is 82.7 Å². The van der Waals surface area contributed by atoms with Crippen LogP contribution in [-0.4, -0.2) is 16.5 Å². The van der Waals surface area contributed by atoms with Gasteiger partial charge in [0, 0.05) is 11.6 Å². The number of rotatable bonds is 5. The molecular formula is C16H16N3O4+. The largest absolute Gasteiger partial charge is 0.424 e. The van der Waals surface area contributed by atoms with Crippen LogP contribution < -0.4 is 10.7 Å². The summed E-state index contributed by atoms with van der Waals surface area (Å²) in [6.07, 6.45) is 0. The highest BCUT2D eigenvalue weighted by molar-refractivity contribution is 5.75. The number of quaternary nitrogens is 1. The lowest BCUT2D eigenvalue weighted by Gasteiger charge is -2.14. The summed E-state index contributed by atoms with van der Waals surface area (Å²) in [7, 11) is 1.98. The minimum absolute atomic E-state index is 0.0941. The van der Waals surface area contributed by atoms with E-state index < -0.39 is 10.7 Å². The maximum atomic E-state index is 12.0. The minimum atomic E-state index is -0.510. The number of benzene rings is 2. The van der Waals surface area contributed by atoms with E-state index in [0.717, 1.165) is 11.4 Å². The van der Waals surface area contributed by atoms with Gasteiger partial charge in [0.05, 0.1) is 23.6 Å². The summed E-state index contributed by atoms with van der Waals surface area (Å²) in [5, 5.41) is 10.8. The molecule has 0 saturated heterocycles. The van der Waals surface area contributed by atoms with Crippen LogP contribution >= 0.6 is 0 Å². The molecule has 7 heteroatoms. The second-order valence-corrected chi connectivity index (χ2v) is 5.48. The van der Waals surface area contributed by atoms with Gasteiger partial charge in [-0.1, -0.05) is 30.3 Å². The maximum Gasteiger partial charge on any atom is 0.424 e. The molecular weight excluding hydrogens is 298 g/mol. The number of oxazole rings is 1. The lowest BCUT2D eigenvalue weighted by molar-refractivity contribution is -0.916. The lowest BCUT2D eigenvalue weighted by Crippen LogP contribution is -3.07. The molecule has 0 saturated carbocycles. The summed E-state index contributed by atoms with van der Waals surface area (Å²) >= 11 is 0. The Morgan fingerprint density at radius 3 is 2.65 bits per heavy atom. The molecule has 1 unspecified atom stereocenters. The summed E-state index contributed by atoms with van der Waals surface area (Å²) in [5.74, 6) is -0.507. The van der Waals surface area contributed by atoms with Gasteiger partial charge in [-0.15, -0.1) is 0 Å². The molecule has 0 fully saturated rings. The van der Waals surface area contributed by atoms with Crippen molar-refractivity contribution in [1.29, 1.82) is 0 Å². The first-order valence-corrected chi connectivity index (χ1v) is 7.17. The number of hydrogen-bond acceptors (Lipinski definition) is 4. The van der Waals surface area contributed by atoms with Gasteiger partial charge < -0.3 is 9.32 Å². The van der Waals surface area contributed by atoms with Crippen molar-refractivity contribution in [3.8, 4) is 0 Å². The second kappa shape index (κ2) is 6.05. The van der Waals surface area contributed by atoms with E-state index in [1.54, 1.807) is 6.07 Å². The fraction of sp³-hybridized carbons (Fsp3) is 0.188. The van der Waals surface area contributed by atoms with Crippen molar-refractivity contribution in [2.75, 3.05) is 7.05 Å². The second-order valence-electron chi connectivity index (χ2n) is 5.48. The van der Waals surface area contributed by atoms with Crippen molar-refractivity contribution in [3.63, 3.8) is 0 Å². The summed E-state index contributed by atoms with van der Waals surface area (Å²) in [5.41, 5.74) is 1.87. The Balaban J connectivity index is 1.86.